The zero-order valence-electron chi connectivity index (χ0n) is 17.0. The van der Waals surface area contributed by atoms with Gasteiger partial charge in [-0.25, -0.2) is 0 Å². The molecule has 5 heteroatoms. The van der Waals surface area contributed by atoms with E-state index in [0.717, 1.165) is 37.1 Å². The van der Waals surface area contributed by atoms with E-state index in [-0.39, 0.29) is 18.4 Å². The fraction of sp³-hybridized carbons (Fsp3) is 0.458. The Morgan fingerprint density at radius 3 is 2.62 bits per heavy atom. The van der Waals surface area contributed by atoms with Crippen molar-refractivity contribution >= 4 is 5.91 Å². The SMILES string of the molecule is COc1ccc(CN(CCO)C(=O)[C@@H]2C[C@H](c3ccccc3)N3CCC[C@@H]23)cc1. The van der Waals surface area contributed by atoms with Gasteiger partial charge in [0.2, 0.25) is 5.91 Å². The van der Waals surface area contributed by atoms with E-state index in [4.69, 9.17) is 4.74 Å². The summed E-state index contributed by atoms with van der Waals surface area (Å²) in [5.74, 6) is 0.967. The monoisotopic (exact) mass is 394 g/mol. The number of nitrogens with zero attached hydrogens (tertiary/aromatic N) is 2. The molecule has 0 radical (unpaired) electrons. The number of amides is 1. The van der Waals surface area contributed by atoms with Gasteiger partial charge in [-0.1, -0.05) is 42.5 Å². The summed E-state index contributed by atoms with van der Waals surface area (Å²) in [5.41, 5.74) is 2.35. The molecule has 2 saturated heterocycles. The number of carbonyl (C=O) groups is 1. The van der Waals surface area contributed by atoms with E-state index in [2.05, 4.69) is 29.2 Å². The van der Waals surface area contributed by atoms with E-state index >= 15 is 0 Å². The maximum Gasteiger partial charge on any atom is 0.227 e. The second-order valence-corrected chi connectivity index (χ2v) is 8.05. The molecule has 2 aromatic carbocycles. The molecule has 5 nitrogen and oxygen atoms in total. The number of methoxy groups -OCH3 is 1. The lowest BCUT2D eigenvalue weighted by atomic mass is 9.93. The second-order valence-electron chi connectivity index (χ2n) is 8.05. The highest BCUT2D eigenvalue weighted by atomic mass is 16.5. The Balaban J connectivity index is 1.52. The van der Waals surface area contributed by atoms with E-state index in [0.29, 0.717) is 25.2 Å². The van der Waals surface area contributed by atoms with Crippen LogP contribution in [0.2, 0.25) is 0 Å². The molecule has 3 atom stereocenters. The van der Waals surface area contributed by atoms with Crippen molar-refractivity contribution in [3.63, 3.8) is 0 Å². The number of benzene rings is 2. The first kappa shape index (κ1) is 19.9. The lowest BCUT2D eigenvalue weighted by Gasteiger charge is -2.28. The normalized spacial score (nSPS) is 23.7. The van der Waals surface area contributed by atoms with Gasteiger partial charge in [0, 0.05) is 25.2 Å². The van der Waals surface area contributed by atoms with Crippen molar-refractivity contribution in [3.8, 4) is 5.75 Å². The van der Waals surface area contributed by atoms with Crippen molar-refractivity contribution in [1.82, 2.24) is 9.80 Å². The summed E-state index contributed by atoms with van der Waals surface area (Å²) in [6.45, 7) is 1.92. The first-order chi connectivity index (χ1) is 14.2. The van der Waals surface area contributed by atoms with Gasteiger partial charge in [-0.15, -0.1) is 0 Å². The minimum Gasteiger partial charge on any atom is -0.497 e. The third kappa shape index (κ3) is 4.16. The number of aliphatic hydroxyl groups excluding tert-OH is 1. The summed E-state index contributed by atoms with van der Waals surface area (Å²) in [6.07, 6.45) is 3.09. The first-order valence-corrected chi connectivity index (χ1v) is 10.5. The zero-order chi connectivity index (χ0) is 20.2. The summed E-state index contributed by atoms with van der Waals surface area (Å²) < 4.78 is 5.23. The minimum atomic E-state index is -0.0227. The molecule has 4 rings (SSSR count). The number of rotatable bonds is 7. The number of hydrogen-bond donors (Lipinski definition) is 1. The van der Waals surface area contributed by atoms with Crippen LogP contribution in [-0.2, 0) is 11.3 Å². The van der Waals surface area contributed by atoms with Crippen molar-refractivity contribution in [3.05, 3.63) is 65.7 Å². The molecule has 2 aliphatic rings. The van der Waals surface area contributed by atoms with Crippen LogP contribution in [0.3, 0.4) is 0 Å². The summed E-state index contributed by atoms with van der Waals surface area (Å²) >= 11 is 0. The van der Waals surface area contributed by atoms with Crippen LogP contribution < -0.4 is 4.74 Å². The summed E-state index contributed by atoms with van der Waals surface area (Å²) in [5, 5.41) is 9.58. The number of ether oxygens (including phenoxy) is 1. The standard InChI is InChI=1S/C24H30N2O3/c1-29-20-11-9-18(10-12-20)17-25(14-15-27)24(28)21-16-23(19-6-3-2-4-7-19)26-13-5-8-22(21)26/h2-4,6-7,9-12,21-23,27H,5,8,13-17H2,1H3/t21-,22+,23-/m1/s1. The van der Waals surface area contributed by atoms with Crippen molar-refractivity contribution < 1.29 is 14.6 Å². The topological polar surface area (TPSA) is 53.0 Å². The Kier molecular flexibility index (Phi) is 6.16. The molecular weight excluding hydrogens is 364 g/mol. The molecule has 2 aliphatic heterocycles. The Morgan fingerprint density at radius 1 is 1.17 bits per heavy atom. The van der Waals surface area contributed by atoms with Crippen molar-refractivity contribution in [2.24, 2.45) is 5.92 Å². The molecule has 0 bridgehead atoms. The van der Waals surface area contributed by atoms with E-state index in [1.165, 1.54) is 5.56 Å². The molecule has 2 heterocycles. The van der Waals surface area contributed by atoms with Gasteiger partial charge in [0.15, 0.2) is 0 Å². The molecule has 0 saturated carbocycles. The minimum absolute atomic E-state index is 0.00694. The molecule has 1 amide bonds. The fourth-order valence-electron chi connectivity index (χ4n) is 5.01. The van der Waals surface area contributed by atoms with Crippen LogP contribution in [0, 0.1) is 5.92 Å². The third-order valence-electron chi connectivity index (χ3n) is 6.40. The molecule has 0 aliphatic carbocycles. The lowest BCUT2D eigenvalue weighted by Crippen LogP contribution is -2.41. The van der Waals surface area contributed by atoms with Gasteiger partial charge in [0.1, 0.15) is 5.75 Å². The molecule has 0 spiro atoms. The van der Waals surface area contributed by atoms with Crippen LogP contribution in [0.15, 0.2) is 54.6 Å². The van der Waals surface area contributed by atoms with E-state index < -0.39 is 0 Å². The van der Waals surface area contributed by atoms with Crippen LogP contribution >= 0.6 is 0 Å². The summed E-state index contributed by atoms with van der Waals surface area (Å²) in [6, 6.07) is 19.0. The molecule has 0 unspecified atom stereocenters. The predicted octanol–water partition coefficient (Wildman–Crippen LogP) is 3.24. The summed E-state index contributed by atoms with van der Waals surface area (Å²) in [4.78, 5) is 17.9. The number of aliphatic hydroxyl groups is 1. The van der Waals surface area contributed by atoms with E-state index in [1.807, 2.05) is 35.2 Å². The van der Waals surface area contributed by atoms with Gasteiger partial charge in [-0.3, -0.25) is 9.69 Å². The van der Waals surface area contributed by atoms with Crippen LogP contribution in [0.5, 0.6) is 5.75 Å². The van der Waals surface area contributed by atoms with Crippen molar-refractivity contribution in [1.29, 1.82) is 0 Å². The van der Waals surface area contributed by atoms with Crippen LogP contribution in [0.1, 0.15) is 36.4 Å². The number of fused-ring (bicyclic) bond motifs is 1. The van der Waals surface area contributed by atoms with Gasteiger partial charge in [-0.2, -0.15) is 0 Å². The van der Waals surface area contributed by atoms with Gasteiger partial charge >= 0.3 is 0 Å². The Hall–Kier alpha value is -2.37. The molecule has 2 fully saturated rings. The maximum atomic E-state index is 13.5. The number of carbonyl (C=O) groups excluding carboxylic acids is 1. The van der Waals surface area contributed by atoms with Crippen LogP contribution in [-0.4, -0.2) is 53.7 Å². The molecular formula is C24H30N2O3. The highest BCUT2D eigenvalue weighted by Gasteiger charge is 2.48. The van der Waals surface area contributed by atoms with Crippen molar-refractivity contribution in [2.45, 2.75) is 37.9 Å². The first-order valence-electron chi connectivity index (χ1n) is 10.5. The Labute approximate surface area is 172 Å². The van der Waals surface area contributed by atoms with Gasteiger partial charge < -0.3 is 14.7 Å². The summed E-state index contributed by atoms with van der Waals surface area (Å²) in [7, 11) is 1.65. The maximum absolute atomic E-state index is 13.5. The van der Waals surface area contributed by atoms with Crippen LogP contribution in [0.4, 0.5) is 0 Å². The second kappa shape index (κ2) is 8.97. The van der Waals surface area contributed by atoms with Gasteiger partial charge in [-0.05, 0) is 49.1 Å². The average molecular weight is 395 g/mol. The Morgan fingerprint density at radius 2 is 1.93 bits per heavy atom. The predicted molar refractivity (Wildman–Crippen MR) is 113 cm³/mol. The fourth-order valence-corrected chi connectivity index (χ4v) is 5.01. The molecule has 29 heavy (non-hydrogen) atoms. The lowest BCUT2D eigenvalue weighted by molar-refractivity contribution is -0.137. The highest BCUT2D eigenvalue weighted by Crippen LogP contribution is 2.45. The number of hydrogen-bond acceptors (Lipinski definition) is 4. The zero-order valence-corrected chi connectivity index (χ0v) is 17.0. The Bertz CT molecular complexity index is 809. The quantitative estimate of drug-likeness (QED) is 0.783. The third-order valence-corrected chi connectivity index (χ3v) is 6.40. The smallest absolute Gasteiger partial charge is 0.227 e. The van der Waals surface area contributed by atoms with Crippen LogP contribution in [0.25, 0.3) is 0 Å². The van der Waals surface area contributed by atoms with Gasteiger partial charge in [0.25, 0.3) is 0 Å². The van der Waals surface area contributed by atoms with E-state index in [9.17, 15) is 9.90 Å². The highest BCUT2D eigenvalue weighted by molar-refractivity contribution is 5.80. The van der Waals surface area contributed by atoms with Gasteiger partial charge in [0.05, 0.1) is 19.6 Å². The molecule has 154 valence electrons. The van der Waals surface area contributed by atoms with Crippen molar-refractivity contribution in [2.75, 3.05) is 26.8 Å². The average Bonchev–Trinajstić information content (AvgIpc) is 3.37. The molecule has 0 aromatic heterocycles. The molecule has 2 aromatic rings. The molecule has 1 N–H and O–H groups in total. The van der Waals surface area contributed by atoms with E-state index in [1.54, 1.807) is 7.11 Å². The largest absolute Gasteiger partial charge is 0.497 e.